The predicted octanol–water partition coefficient (Wildman–Crippen LogP) is 4.35. The zero-order valence-corrected chi connectivity index (χ0v) is 15.8. The van der Waals surface area contributed by atoms with Gasteiger partial charge in [-0.2, -0.15) is 18.3 Å². The van der Waals surface area contributed by atoms with Gasteiger partial charge in [-0.05, 0) is 50.5 Å². The molecule has 0 saturated heterocycles. The SMILES string of the molecule is Cc1cc2nc(C)c(CCC(=O)OCc3ccc(C(F)(F)F)cc3)c(C)n2n1. The van der Waals surface area contributed by atoms with Crippen molar-refractivity contribution in [2.45, 2.75) is 46.4 Å². The van der Waals surface area contributed by atoms with E-state index < -0.39 is 17.7 Å². The molecule has 3 aromatic rings. The first-order chi connectivity index (χ1) is 13.1. The number of rotatable bonds is 5. The van der Waals surface area contributed by atoms with Gasteiger partial charge in [-0.3, -0.25) is 4.79 Å². The molecule has 1 aromatic carbocycles. The summed E-state index contributed by atoms with van der Waals surface area (Å²) in [5, 5.41) is 4.40. The van der Waals surface area contributed by atoms with Crippen molar-refractivity contribution < 1.29 is 22.7 Å². The molecule has 0 saturated carbocycles. The molecule has 8 heteroatoms. The van der Waals surface area contributed by atoms with Crippen molar-refractivity contribution in [2.75, 3.05) is 0 Å². The molecule has 0 radical (unpaired) electrons. The minimum atomic E-state index is -4.38. The maximum atomic E-state index is 12.6. The molecule has 0 aliphatic carbocycles. The summed E-state index contributed by atoms with van der Waals surface area (Å²) in [5.41, 5.74) is 4.09. The highest BCUT2D eigenvalue weighted by molar-refractivity contribution is 5.69. The Hall–Kier alpha value is -2.90. The normalized spacial score (nSPS) is 11.8. The van der Waals surface area contributed by atoms with Crippen LogP contribution in [-0.2, 0) is 28.7 Å². The number of hydrogen-bond acceptors (Lipinski definition) is 4. The summed E-state index contributed by atoms with van der Waals surface area (Å²) in [6, 6.07) is 6.46. The molecule has 0 N–H and O–H groups in total. The molecule has 0 atom stereocenters. The van der Waals surface area contributed by atoms with E-state index in [-0.39, 0.29) is 13.0 Å². The third-order valence-corrected chi connectivity index (χ3v) is 4.55. The second-order valence-electron chi connectivity index (χ2n) is 6.67. The topological polar surface area (TPSA) is 56.5 Å². The van der Waals surface area contributed by atoms with Crippen LogP contribution in [0.2, 0.25) is 0 Å². The quantitative estimate of drug-likeness (QED) is 0.607. The van der Waals surface area contributed by atoms with Crippen molar-refractivity contribution in [1.82, 2.24) is 14.6 Å². The van der Waals surface area contributed by atoms with E-state index >= 15 is 0 Å². The fourth-order valence-electron chi connectivity index (χ4n) is 3.06. The summed E-state index contributed by atoms with van der Waals surface area (Å²) in [7, 11) is 0. The number of hydrogen-bond donors (Lipinski definition) is 0. The highest BCUT2D eigenvalue weighted by atomic mass is 19.4. The van der Waals surface area contributed by atoms with Gasteiger partial charge in [-0.15, -0.1) is 0 Å². The number of fused-ring (bicyclic) bond motifs is 1. The number of benzene rings is 1. The molecule has 0 aliphatic heterocycles. The molecule has 0 fully saturated rings. The number of carbonyl (C=O) groups is 1. The lowest BCUT2D eigenvalue weighted by molar-refractivity contribution is -0.145. The van der Waals surface area contributed by atoms with Crippen LogP contribution in [-0.4, -0.2) is 20.6 Å². The van der Waals surface area contributed by atoms with Gasteiger partial charge in [-0.25, -0.2) is 9.50 Å². The Morgan fingerprint density at radius 1 is 1.14 bits per heavy atom. The van der Waals surface area contributed by atoms with Crippen molar-refractivity contribution in [3.05, 3.63) is 64.1 Å². The number of esters is 1. The van der Waals surface area contributed by atoms with Crippen molar-refractivity contribution >= 4 is 11.6 Å². The van der Waals surface area contributed by atoms with Gasteiger partial charge in [0, 0.05) is 23.9 Å². The maximum absolute atomic E-state index is 12.6. The van der Waals surface area contributed by atoms with Crippen LogP contribution >= 0.6 is 0 Å². The van der Waals surface area contributed by atoms with E-state index in [4.69, 9.17) is 4.74 Å². The molecule has 5 nitrogen and oxygen atoms in total. The molecular weight excluding hydrogens is 371 g/mol. The Kier molecular flexibility index (Phi) is 5.40. The molecule has 3 rings (SSSR count). The monoisotopic (exact) mass is 391 g/mol. The van der Waals surface area contributed by atoms with Crippen molar-refractivity contribution in [3.63, 3.8) is 0 Å². The summed E-state index contributed by atoms with van der Waals surface area (Å²) in [6.07, 6.45) is -3.78. The molecule has 2 aromatic heterocycles. The van der Waals surface area contributed by atoms with Gasteiger partial charge in [-0.1, -0.05) is 12.1 Å². The Balaban J connectivity index is 1.59. The van der Waals surface area contributed by atoms with E-state index in [2.05, 4.69) is 10.1 Å². The summed E-state index contributed by atoms with van der Waals surface area (Å²) in [6.45, 7) is 5.64. The van der Waals surface area contributed by atoms with Crippen molar-refractivity contribution in [3.8, 4) is 0 Å². The molecule has 0 unspecified atom stereocenters. The third-order valence-electron chi connectivity index (χ3n) is 4.55. The number of ether oxygens (including phenoxy) is 1. The Labute approximate surface area is 160 Å². The summed E-state index contributed by atoms with van der Waals surface area (Å²) < 4.78 is 44.6. The lowest BCUT2D eigenvalue weighted by Gasteiger charge is -2.11. The van der Waals surface area contributed by atoms with Crippen LogP contribution in [0.4, 0.5) is 13.2 Å². The largest absolute Gasteiger partial charge is 0.461 e. The molecule has 148 valence electrons. The van der Waals surface area contributed by atoms with E-state index in [0.29, 0.717) is 12.0 Å². The second-order valence-corrected chi connectivity index (χ2v) is 6.67. The number of aromatic nitrogens is 3. The zero-order valence-electron chi connectivity index (χ0n) is 15.8. The molecule has 0 spiro atoms. The number of aryl methyl sites for hydroxylation is 3. The van der Waals surface area contributed by atoms with Crippen LogP contribution in [0.15, 0.2) is 30.3 Å². The highest BCUT2D eigenvalue weighted by Crippen LogP contribution is 2.29. The molecule has 2 heterocycles. The highest BCUT2D eigenvalue weighted by Gasteiger charge is 2.29. The van der Waals surface area contributed by atoms with Crippen LogP contribution in [0.25, 0.3) is 5.65 Å². The van der Waals surface area contributed by atoms with Gasteiger partial charge in [0.25, 0.3) is 0 Å². The molecule has 0 aliphatic rings. The Morgan fingerprint density at radius 3 is 2.46 bits per heavy atom. The Bertz CT molecular complexity index is 1010. The van der Waals surface area contributed by atoms with E-state index in [1.165, 1.54) is 12.1 Å². The van der Waals surface area contributed by atoms with Crippen LogP contribution in [0.3, 0.4) is 0 Å². The molecule has 28 heavy (non-hydrogen) atoms. The Morgan fingerprint density at radius 2 is 1.82 bits per heavy atom. The average Bonchev–Trinajstić information content (AvgIpc) is 2.99. The zero-order chi connectivity index (χ0) is 20.5. The van der Waals surface area contributed by atoms with E-state index in [1.54, 1.807) is 4.52 Å². The summed E-state index contributed by atoms with van der Waals surface area (Å²) >= 11 is 0. The van der Waals surface area contributed by atoms with E-state index in [1.807, 2.05) is 26.8 Å². The fraction of sp³-hybridized carbons (Fsp3) is 0.350. The predicted molar refractivity (Wildman–Crippen MR) is 96.8 cm³/mol. The van der Waals surface area contributed by atoms with Gasteiger partial charge >= 0.3 is 12.1 Å². The van der Waals surface area contributed by atoms with Crippen molar-refractivity contribution in [2.24, 2.45) is 0 Å². The van der Waals surface area contributed by atoms with Gasteiger partial charge < -0.3 is 4.74 Å². The van der Waals surface area contributed by atoms with E-state index in [0.717, 1.165) is 40.4 Å². The second kappa shape index (κ2) is 7.61. The van der Waals surface area contributed by atoms with Gasteiger partial charge in [0.2, 0.25) is 0 Å². The third kappa shape index (κ3) is 4.32. The first-order valence-electron chi connectivity index (χ1n) is 8.79. The van der Waals surface area contributed by atoms with Crippen LogP contribution in [0, 0.1) is 20.8 Å². The van der Waals surface area contributed by atoms with Gasteiger partial charge in [0.15, 0.2) is 5.65 Å². The number of alkyl halides is 3. The number of carbonyl (C=O) groups excluding carboxylic acids is 1. The number of nitrogens with zero attached hydrogens (tertiary/aromatic N) is 3. The van der Waals surface area contributed by atoms with Crippen LogP contribution < -0.4 is 0 Å². The van der Waals surface area contributed by atoms with Gasteiger partial charge in [0.05, 0.1) is 11.3 Å². The van der Waals surface area contributed by atoms with Crippen LogP contribution in [0.5, 0.6) is 0 Å². The molecular formula is C20H20F3N3O2. The average molecular weight is 391 g/mol. The standard InChI is InChI=1S/C20H20F3N3O2/c1-12-10-18-24-13(2)17(14(3)26(18)25-12)8-9-19(27)28-11-15-4-6-16(7-5-15)20(21,22)23/h4-7,10H,8-9,11H2,1-3H3. The maximum Gasteiger partial charge on any atom is 0.416 e. The van der Waals surface area contributed by atoms with Crippen molar-refractivity contribution in [1.29, 1.82) is 0 Å². The fourth-order valence-corrected chi connectivity index (χ4v) is 3.06. The van der Waals surface area contributed by atoms with Crippen LogP contribution in [0.1, 0.15) is 40.2 Å². The van der Waals surface area contributed by atoms with Gasteiger partial charge in [0.1, 0.15) is 6.61 Å². The molecule has 0 amide bonds. The minimum absolute atomic E-state index is 0.0649. The number of halogens is 3. The minimum Gasteiger partial charge on any atom is -0.461 e. The molecule has 0 bridgehead atoms. The lowest BCUT2D eigenvalue weighted by Crippen LogP contribution is -2.10. The van der Waals surface area contributed by atoms with E-state index in [9.17, 15) is 18.0 Å². The first-order valence-corrected chi connectivity index (χ1v) is 8.79. The smallest absolute Gasteiger partial charge is 0.416 e. The lowest BCUT2D eigenvalue weighted by atomic mass is 10.1. The summed E-state index contributed by atoms with van der Waals surface area (Å²) in [5.74, 6) is -0.421. The first kappa shape index (κ1) is 19.9. The summed E-state index contributed by atoms with van der Waals surface area (Å²) in [4.78, 5) is 16.6.